The summed E-state index contributed by atoms with van der Waals surface area (Å²) in [4.78, 5) is 14.6. The molecule has 8 heteroatoms. The van der Waals surface area contributed by atoms with Crippen molar-refractivity contribution in [1.29, 1.82) is 0 Å². The number of aryl methyl sites for hydroxylation is 1. The molecule has 1 aliphatic heterocycles. The fourth-order valence-electron chi connectivity index (χ4n) is 3.47. The third kappa shape index (κ3) is 4.00. The van der Waals surface area contributed by atoms with Crippen molar-refractivity contribution in [3.05, 3.63) is 54.5 Å². The van der Waals surface area contributed by atoms with Crippen LogP contribution in [0, 0.1) is 5.82 Å². The highest BCUT2D eigenvalue weighted by Crippen LogP contribution is 2.22. The molecule has 1 unspecified atom stereocenters. The zero-order valence-corrected chi connectivity index (χ0v) is 15.6. The molecule has 2 N–H and O–H groups in total. The van der Waals surface area contributed by atoms with Crippen molar-refractivity contribution in [2.24, 2.45) is 7.05 Å². The number of hydrogen-bond acceptors (Lipinski definition) is 4. The molecule has 3 heterocycles. The second-order valence-corrected chi connectivity index (χ2v) is 6.88. The smallest absolute Gasteiger partial charge is 0.320 e. The molecule has 1 saturated heterocycles. The minimum Gasteiger partial charge on any atom is -0.463 e. The number of carbonyl (C=O) groups is 1. The summed E-state index contributed by atoms with van der Waals surface area (Å²) < 4.78 is 20.4. The Morgan fingerprint density at radius 1 is 1.29 bits per heavy atom. The van der Waals surface area contributed by atoms with Crippen LogP contribution >= 0.6 is 0 Å². The molecule has 28 heavy (non-hydrogen) atoms. The quantitative estimate of drug-likeness (QED) is 0.722. The monoisotopic (exact) mass is 383 g/mol. The summed E-state index contributed by atoms with van der Waals surface area (Å²) in [5.41, 5.74) is 1.49. The Balaban J connectivity index is 1.37. The topological polar surface area (TPSA) is 75.3 Å². The van der Waals surface area contributed by atoms with E-state index in [1.165, 1.54) is 12.1 Å². The van der Waals surface area contributed by atoms with E-state index in [0.29, 0.717) is 23.8 Å². The van der Waals surface area contributed by atoms with E-state index >= 15 is 0 Å². The zero-order chi connectivity index (χ0) is 19.5. The maximum absolute atomic E-state index is 13.5. The molecular weight excluding hydrogens is 361 g/mol. The summed E-state index contributed by atoms with van der Waals surface area (Å²) in [6.07, 6.45) is 3.38. The number of carbonyl (C=O) groups excluding carboxylic acids is 1. The van der Waals surface area contributed by atoms with Crippen molar-refractivity contribution in [2.75, 3.05) is 23.3 Å². The first-order valence-corrected chi connectivity index (χ1v) is 9.24. The predicted molar refractivity (Wildman–Crippen MR) is 105 cm³/mol. The predicted octanol–water partition coefficient (Wildman–Crippen LogP) is 3.61. The van der Waals surface area contributed by atoms with Gasteiger partial charge in [-0.2, -0.15) is 5.10 Å². The van der Waals surface area contributed by atoms with E-state index < -0.39 is 0 Å². The summed E-state index contributed by atoms with van der Waals surface area (Å²) in [6.45, 7) is 1.48. The van der Waals surface area contributed by atoms with Gasteiger partial charge in [0.15, 0.2) is 5.76 Å². The highest BCUT2D eigenvalue weighted by Gasteiger charge is 2.22. The molecular formula is C20H22FN5O2. The molecule has 1 fully saturated rings. The number of furan rings is 1. The van der Waals surface area contributed by atoms with Crippen molar-refractivity contribution >= 4 is 17.5 Å². The van der Waals surface area contributed by atoms with Crippen LogP contribution in [-0.4, -0.2) is 34.9 Å². The molecule has 3 aromatic rings. The Kier molecular flexibility index (Phi) is 5.01. The maximum Gasteiger partial charge on any atom is 0.320 e. The molecule has 0 aliphatic carbocycles. The fraction of sp³-hybridized carbons (Fsp3) is 0.300. The van der Waals surface area contributed by atoms with Crippen LogP contribution in [0.4, 0.5) is 20.7 Å². The number of aromatic nitrogens is 2. The maximum atomic E-state index is 13.5. The standard InChI is InChI=1S/C20H22FN5O2/c1-25-19(12-17(24-25)18-8-4-10-28-18)23-20(27)22-15-6-3-9-26(13-15)16-7-2-5-14(21)11-16/h2,4-5,7-8,10-12,15H,3,6,9,13H2,1H3,(H2,22,23,27). The largest absolute Gasteiger partial charge is 0.463 e. The lowest BCUT2D eigenvalue weighted by Gasteiger charge is -2.34. The third-order valence-electron chi connectivity index (χ3n) is 4.82. The van der Waals surface area contributed by atoms with Crippen LogP contribution in [-0.2, 0) is 7.05 Å². The molecule has 1 aromatic carbocycles. The van der Waals surface area contributed by atoms with Gasteiger partial charge in [0.25, 0.3) is 0 Å². The second-order valence-electron chi connectivity index (χ2n) is 6.88. The van der Waals surface area contributed by atoms with Crippen molar-refractivity contribution in [3.8, 4) is 11.5 Å². The molecule has 7 nitrogen and oxygen atoms in total. The molecule has 2 aromatic heterocycles. The minimum atomic E-state index is -0.292. The van der Waals surface area contributed by atoms with Crippen LogP contribution in [0.15, 0.2) is 53.1 Å². The number of rotatable bonds is 4. The lowest BCUT2D eigenvalue weighted by molar-refractivity contribution is 0.246. The van der Waals surface area contributed by atoms with Crippen molar-refractivity contribution in [3.63, 3.8) is 0 Å². The van der Waals surface area contributed by atoms with Crippen LogP contribution in [0.2, 0.25) is 0 Å². The van der Waals surface area contributed by atoms with Crippen molar-refractivity contribution in [2.45, 2.75) is 18.9 Å². The third-order valence-corrected chi connectivity index (χ3v) is 4.82. The number of nitrogens with zero attached hydrogens (tertiary/aromatic N) is 3. The molecule has 0 spiro atoms. The lowest BCUT2D eigenvalue weighted by Crippen LogP contribution is -2.49. The number of urea groups is 1. The first-order chi connectivity index (χ1) is 13.6. The highest BCUT2D eigenvalue weighted by molar-refractivity contribution is 5.89. The van der Waals surface area contributed by atoms with Crippen LogP contribution in [0.3, 0.4) is 0 Å². The van der Waals surface area contributed by atoms with Gasteiger partial charge in [-0.3, -0.25) is 10.00 Å². The summed E-state index contributed by atoms with van der Waals surface area (Å²) in [6, 6.07) is 11.6. The highest BCUT2D eigenvalue weighted by atomic mass is 19.1. The van der Waals surface area contributed by atoms with Gasteiger partial charge in [0.05, 0.1) is 6.26 Å². The van der Waals surface area contributed by atoms with Crippen LogP contribution in [0.25, 0.3) is 11.5 Å². The Morgan fingerprint density at radius 2 is 2.18 bits per heavy atom. The Morgan fingerprint density at radius 3 is 2.96 bits per heavy atom. The first-order valence-electron chi connectivity index (χ1n) is 9.24. The van der Waals surface area contributed by atoms with Gasteiger partial charge >= 0.3 is 6.03 Å². The first kappa shape index (κ1) is 18.1. The number of hydrogen-bond donors (Lipinski definition) is 2. The second kappa shape index (κ2) is 7.75. The molecule has 146 valence electrons. The van der Waals surface area contributed by atoms with E-state index in [9.17, 15) is 9.18 Å². The Bertz CT molecular complexity index is 953. The number of anilines is 2. The van der Waals surface area contributed by atoms with Crippen LogP contribution in [0.1, 0.15) is 12.8 Å². The average Bonchev–Trinajstić information content (AvgIpc) is 3.32. The SMILES string of the molecule is Cn1nc(-c2ccco2)cc1NC(=O)NC1CCCN(c2cccc(F)c2)C1. The van der Waals surface area contributed by atoms with E-state index in [1.807, 2.05) is 12.1 Å². The minimum absolute atomic E-state index is 0.0187. The van der Waals surface area contributed by atoms with Gasteiger partial charge in [0.2, 0.25) is 0 Å². The van der Waals surface area contributed by atoms with Gasteiger partial charge in [-0.1, -0.05) is 6.07 Å². The molecule has 0 saturated carbocycles. The summed E-state index contributed by atoms with van der Waals surface area (Å²) in [5, 5.41) is 10.2. The Labute approximate surface area is 162 Å². The van der Waals surface area contributed by atoms with Crippen molar-refractivity contribution in [1.82, 2.24) is 15.1 Å². The van der Waals surface area contributed by atoms with E-state index in [2.05, 4.69) is 20.6 Å². The van der Waals surface area contributed by atoms with Gasteiger partial charge in [0.1, 0.15) is 17.3 Å². The van der Waals surface area contributed by atoms with Crippen molar-refractivity contribution < 1.29 is 13.6 Å². The molecule has 0 radical (unpaired) electrons. The van der Waals surface area contributed by atoms with Crippen LogP contribution < -0.4 is 15.5 Å². The number of benzene rings is 1. The zero-order valence-electron chi connectivity index (χ0n) is 15.6. The van der Waals surface area contributed by atoms with E-state index in [0.717, 1.165) is 25.1 Å². The van der Waals surface area contributed by atoms with Crippen LogP contribution in [0.5, 0.6) is 0 Å². The fourth-order valence-corrected chi connectivity index (χ4v) is 3.47. The van der Waals surface area contributed by atoms with Gasteiger partial charge in [-0.05, 0) is 43.2 Å². The normalized spacial score (nSPS) is 16.8. The summed E-state index contributed by atoms with van der Waals surface area (Å²) >= 11 is 0. The summed E-state index contributed by atoms with van der Waals surface area (Å²) in [5.74, 6) is 0.956. The van der Waals surface area contributed by atoms with E-state index in [-0.39, 0.29) is 17.9 Å². The number of amides is 2. The average molecular weight is 383 g/mol. The number of piperidine rings is 1. The lowest BCUT2D eigenvalue weighted by atomic mass is 10.1. The van der Waals surface area contributed by atoms with Gasteiger partial charge in [0, 0.05) is 37.9 Å². The Hall–Kier alpha value is -3.29. The van der Waals surface area contributed by atoms with Gasteiger partial charge in [-0.25, -0.2) is 9.18 Å². The van der Waals surface area contributed by atoms with Gasteiger partial charge < -0.3 is 14.6 Å². The van der Waals surface area contributed by atoms with E-state index in [1.54, 1.807) is 36.2 Å². The molecule has 1 aliphatic rings. The molecule has 0 bridgehead atoms. The molecule has 2 amide bonds. The molecule has 4 rings (SSSR count). The number of nitrogens with one attached hydrogen (secondary N) is 2. The molecule has 1 atom stereocenters. The number of halogens is 1. The van der Waals surface area contributed by atoms with E-state index in [4.69, 9.17) is 4.42 Å². The summed E-state index contributed by atoms with van der Waals surface area (Å²) in [7, 11) is 1.76. The van der Waals surface area contributed by atoms with Gasteiger partial charge in [-0.15, -0.1) is 0 Å².